The highest BCUT2D eigenvalue weighted by Gasteiger charge is 2.26. The molecule has 192 valence electrons. The number of likely N-dealkylation sites (tertiary alicyclic amines) is 1. The van der Waals surface area contributed by atoms with E-state index in [9.17, 15) is 26.7 Å². The second kappa shape index (κ2) is 10.6. The summed E-state index contributed by atoms with van der Waals surface area (Å²) in [5, 5.41) is 6.70. The number of amides is 1. The molecule has 1 fully saturated rings. The van der Waals surface area contributed by atoms with Crippen LogP contribution in [0, 0.1) is 17.5 Å². The first-order valence-corrected chi connectivity index (χ1v) is 11.2. The first-order valence-electron chi connectivity index (χ1n) is 11.2. The third kappa shape index (κ3) is 5.32. The van der Waals surface area contributed by atoms with Gasteiger partial charge in [-0.1, -0.05) is 6.07 Å². The van der Waals surface area contributed by atoms with Crippen molar-refractivity contribution in [2.75, 3.05) is 37.0 Å². The zero-order chi connectivity index (χ0) is 26.0. The molecular weight excluding hydrogens is 485 g/mol. The Kier molecular flexibility index (Phi) is 7.53. The Labute approximate surface area is 204 Å². The minimum absolute atomic E-state index is 0.0434. The number of hydrogen-bond acceptors (Lipinski definition) is 6. The molecule has 36 heavy (non-hydrogen) atoms. The van der Waals surface area contributed by atoms with Gasteiger partial charge in [-0.05, 0) is 45.1 Å². The summed E-state index contributed by atoms with van der Waals surface area (Å²) in [5.41, 5.74) is 0.520. The molecule has 1 aliphatic rings. The second-order valence-electron chi connectivity index (χ2n) is 8.69. The number of aromatic nitrogens is 2. The summed E-state index contributed by atoms with van der Waals surface area (Å²) < 4.78 is 73.6. The molecule has 0 saturated carbocycles. The van der Waals surface area contributed by atoms with Crippen LogP contribution in [0.2, 0.25) is 0 Å². The Hall–Kier alpha value is -3.54. The molecule has 12 heteroatoms. The van der Waals surface area contributed by atoms with Gasteiger partial charge in [0.1, 0.15) is 5.82 Å². The Morgan fingerprint density at radius 1 is 1.06 bits per heavy atom. The van der Waals surface area contributed by atoms with E-state index in [4.69, 9.17) is 4.42 Å². The lowest BCUT2D eigenvalue weighted by Crippen LogP contribution is -2.42. The summed E-state index contributed by atoms with van der Waals surface area (Å²) in [6.45, 7) is 1.38. The van der Waals surface area contributed by atoms with Crippen LogP contribution >= 0.6 is 0 Å². The molecule has 0 atom stereocenters. The Balaban J connectivity index is 1.61. The lowest BCUT2D eigenvalue weighted by Gasteiger charge is -2.38. The van der Waals surface area contributed by atoms with Crippen LogP contribution in [0.3, 0.4) is 0 Å². The van der Waals surface area contributed by atoms with Gasteiger partial charge in [0.25, 0.3) is 5.89 Å². The maximum Gasteiger partial charge on any atom is 0.314 e. The topological polar surface area (TPSA) is 65.7 Å². The van der Waals surface area contributed by atoms with Gasteiger partial charge < -0.3 is 19.1 Å². The summed E-state index contributed by atoms with van der Waals surface area (Å²) in [6.07, 6.45) is -0.953. The molecule has 0 N–H and O–H groups in total. The molecular formula is C24H24F5N5O2. The number of alkyl halides is 2. The number of hydrogen-bond donors (Lipinski definition) is 0. The Morgan fingerprint density at radius 3 is 2.31 bits per heavy atom. The summed E-state index contributed by atoms with van der Waals surface area (Å²) in [6, 6.07) is 5.71. The van der Waals surface area contributed by atoms with Crippen molar-refractivity contribution in [2.24, 2.45) is 0 Å². The third-order valence-electron chi connectivity index (χ3n) is 6.34. The van der Waals surface area contributed by atoms with Crippen LogP contribution in [-0.4, -0.2) is 54.7 Å². The largest absolute Gasteiger partial charge is 0.415 e. The predicted octanol–water partition coefficient (Wildman–Crippen LogP) is 4.78. The van der Waals surface area contributed by atoms with Crippen LogP contribution in [0.5, 0.6) is 0 Å². The van der Waals surface area contributed by atoms with Crippen molar-refractivity contribution in [3.63, 3.8) is 0 Å². The summed E-state index contributed by atoms with van der Waals surface area (Å²) in [4.78, 5) is 17.1. The molecule has 3 aromatic rings. The molecule has 0 bridgehead atoms. The van der Waals surface area contributed by atoms with Gasteiger partial charge in [0, 0.05) is 36.3 Å². The van der Waals surface area contributed by atoms with E-state index in [-0.39, 0.29) is 35.3 Å². The number of rotatable bonds is 8. The van der Waals surface area contributed by atoms with E-state index in [2.05, 4.69) is 15.1 Å². The fourth-order valence-corrected chi connectivity index (χ4v) is 4.23. The van der Waals surface area contributed by atoms with E-state index in [0.29, 0.717) is 12.1 Å². The highest BCUT2D eigenvalue weighted by Crippen LogP contribution is 2.35. The molecule has 2 heterocycles. The highest BCUT2D eigenvalue weighted by atomic mass is 19.3. The SMILES string of the molecule is CN1CCC(N(C)c2cc(F)c(F)cc2N(C=O)Cc2ccc(-c3nnc(C(F)F)o3)cc2F)CC1. The Morgan fingerprint density at radius 2 is 1.72 bits per heavy atom. The summed E-state index contributed by atoms with van der Waals surface area (Å²) in [5.74, 6) is -4.15. The number of anilines is 2. The number of nitrogens with zero attached hydrogens (tertiary/aromatic N) is 5. The van der Waals surface area contributed by atoms with Gasteiger partial charge in [-0.25, -0.2) is 13.2 Å². The first-order chi connectivity index (χ1) is 17.2. The quantitative estimate of drug-likeness (QED) is 0.322. The van der Waals surface area contributed by atoms with Gasteiger partial charge in [-0.3, -0.25) is 4.79 Å². The van der Waals surface area contributed by atoms with Crippen LogP contribution in [0.4, 0.5) is 33.3 Å². The van der Waals surface area contributed by atoms with Crippen molar-refractivity contribution in [2.45, 2.75) is 31.9 Å². The van der Waals surface area contributed by atoms with Crippen molar-refractivity contribution >= 4 is 17.8 Å². The number of carbonyl (C=O) groups is 1. The van der Waals surface area contributed by atoms with Gasteiger partial charge >= 0.3 is 6.43 Å². The maximum atomic E-state index is 14.9. The zero-order valence-electron chi connectivity index (χ0n) is 19.6. The summed E-state index contributed by atoms with van der Waals surface area (Å²) in [7, 11) is 3.76. The predicted molar refractivity (Wildman–Crippen MR) is 122 cm³/mol. The standard InChI is InChI=1S/C24H24F5N5O2/c1-32-7-5-16(6-8-32)33(2)20-10-18(26)19(27)11-21(20)34(13-35)12-15-4-3-14(9-17(15)25)23-30-31-24(36-23)22(28)29/h3-4,9-11,13,16,22H,5-8,12H2,1-2H3. The van der Waals surface area contributed by atoms with Crippen LogP contribution in [0.1, 0.15) is 30.7 Å². The van der Waals surface area contributed by atoms with E-state index in [0.717, 1.165) is 49.0 Å². The zero-order valence-corrected chi connectivity index (χ0v) is 19.6. The third-order valence-corrected chi connectivity index (χ3v) is 6.34. The molecule has 0 spiro atoms. The van der Waals surface area contributed by atoms with Gasteiger partial charge in [0.2, 0.25) is 12.3 Å². The van der Waals surface area contributed by atoms with Crippen molar-refractivity contribution in [3.8, 4) is 11.5 Å². The van der Waals surface area contributed by atoms with Crippen molar-refractivity contribution in [1.29, 1.82) is 0 Å². The molecule has 2 aromatic carbocycles. The number of piperidine rings is 1. The average molecular weight is 509 g/mol. The molecule has 1 saturated heterocycles. The van der Waals surface area contributed by atoms with Crippen molar-refractivity contribution in [3.05, 3.63) is 59.2 Å². The first kappa shape index (κ1) is 25.5. The smallest absolute Gasteiger partial charge is 0.314 e. The van der Waals surface area contributed by atoms with Gasteiger partial charge in [-0.15, -0.1) is 10.2 Å². The summed E-state index contributed by atoms with van der Waals surface area (Å²) >= 11 is 0. The van der Waals surface area contributed by atoms with Crippen LogP contribution < -0.4 is 9.80 Å². The lowest BCUT2D eigenvalue weighted by molar-refractivity contribution is -0.107. The fraction of sp³-hybridized carbons (Fsp3) is 0.375. The molecule has 1 aromatic heterocycles. The number of halogens is 5. The van der Waals surface area contributed by atoms with E-state index in [1.807, 2.05) is 11.9 Å². The monoisotopic (exact) mass is 509 g/mol. The maximum absolute atomic E-state index is 14.9. The molecule has 1 amide bonds. The van der Waals surface area contributed by atoms with Gasteiger partial charge in [0.05, 0.1) is 17.9 Å². The van der Waals surface area contributed by atoms with E-state index < -0.39 is 29.8 Å². The van der Waals surface area contributed by atoms with Gasteiger partial charge in [0.15, 0.2) is 11.6 Å². The molecule has 0 aliphatic carbocycles. The number of benzene rings is 2. The minimum Gasteiger partial charge on any atom is -0.415 e. The second-order valence-corrected chi connectivity index (χ2v) is 8.69. The minimum atomic E-state index is -2.96. The van der Waals surface area contributed by atoms with Gasteiger partial charge in [-0.2, -0.15) is 8.78 Å². The average Bonchev–Trinajstić information content (AvgIpc) is 3.36. The fourth-order valence-electron chi connectivity index (χ4n) is 4.23. The van der Waals surface area contributed by atoms with Crippen LogP contribution in [-0.2, 0) is 11.3 Å². The van der Waals surface area contributed by atoms with E-state index in [1.165, 1.54) is 12.1 Å². The van der Waals surface area contributed by atoms with E-state index in [1.54, 1.807) is 7.05 Å². The highest BCUT2D eigenvalue weighted by molar-refractivity contribution is 5.84. The molecule has 1 aliphatic heterocycles. The Bertz CT molecular complexity index is 1230. The van der Waals surface area contributed by atoms with Crippen molar-refractivity contribution < 1.29 is 31.2 Å². The van der Waals surface area contributed by atoms with Crippen LogP contribution in [0.25, 0.3) is 11.5 Å². The van der Waals surface area contributed by atoms with Crippen molar-refractivity contribution in [1.82, 2.24) is 15.1 Å². The molecule has 0 radical (unpaired) electrons. The van der Waals surface area contributed by atoms with E-state index >= 15 is 0 Å². The molecule has 7 nitrogen and oxygen atoms in total. The lowest BCUT2D eigenvalue weighted by atomic mass is 10.0. The van der Waals surface area contributed by atoms with Crippen LogP contribution in [0.15, 0.2) is 34.7 Å². The molecule has 0 unspecified atom stereocenters. The molecule has 4 rings (SSSR count). The normalized spacial score (nSPS) is 14.9. The number of carbonyl (C=O) groups excluding carboxylic acids is 1.